The first kappa shape index (κ1) is 44.9. The second kappa shape index (κ2) is 30.7. The van der Waals surface area contributed by atoms with Crippen molar-refractivity contribution >= 4 is 11.9 Å². The van der Waals surface area contributed by atoms with Gasteiger partial charge >= 0.3 is 11.9 Å². The minimum absolute atomic E-state index is 0.0147. The molecule has 0 aromatic rings. The highest BCUT2D eigenvalue weighted by Gasteiger charge is 2.40. The fourth-order valence-electron chi connectivity index (χ4n) is 7.65. The summed E-state index contributed by atoms with van der Waals surface area (Å²) in [5.41, 5.74) is -0.344. The minimum Gasteiger partial charge on any atom is -0.466 e. The molecule has 0 bridgehead atoms. The Morgan fingerprint density at radius 2 is 0.979 bits per heavy atom. The summed E-state index contributed by atoms with van der Waals surface area (Å²) >= 11 is 0. The Morgan fingerprint density at radius 1 is 0.542 bits per heavy atom. The van der Waals surface area contributed by atoms with Crippen LogP contribution in [0.3, 0.4) is 0 Å². The number of hydrogen-bond donors (Lipinski definition) is 0. The molecule has 284 valence electrons. The lowest BCUT2D eigenvalue weighted by Gasteiger charge is -2.41. The van der Waals surface area contributed by atoms with Crippen LogP contribution in [0.5, 0.6) is 0 Å². The Labute approximate surface area is 299 Å². The van der Waals surface area contributed by atoms with Gasteiger partial charge in [0.05, 0.1) is 19.4 Å². The van der Waals surface area contributed by atoms with Crippen molar-refractivity contribution in [3.63, 3.8) is 0 Å². The van der Waals surface area contributed by atoms with Crippen molar-refractivity contribution in [3.8, 4) is 0 Å². The maximum atomic E-state index is 13.7. The summed E-state index contributed by atoms with van der Waals surface area (Å²) < 4.78 is 12.3. The Balaban J connectivity index is 2.81. The Hall–Kier alpha value is -1.10. The molecular formula is C43H83NO4. The summed E-state index contributed by atoms with van der Waals surface area (Å²) in [6.45, 7) is 14.8. The number of nitrogens with zero attached hydrogens (tertiary/aromatic N) is 1. The third-order valence-corrected chi connectivity index (χ3v) is 11.1. The fourth-order valence-corrected chi connectivity index (χ4v) is 7.65. The first-order valence-corrected chi connectivity index (χ1v) is 21.5. The fraction of sp³-hybridized carbons (Fsp3) is 0.953. The lowest BCUT2D eigenvalue weighted by molar-refractivity contribution is -0.156. The summed E-state index contributed by atoms with van der Waals surface area (Å²) in [6.07, 6.45) is 33.0. The zero-order chi connectivity index (χ0) is 35.1. The molecule has 5 heteroatoms. The first-order valence-electron chi connectivity index (χ1n) is 21.5. The lowest BCUT2D eigenvalue weighted by Crippen LogP contribution is -2.43. The average molecular weight is 678 g/mol. The van der Waals surface area contributed by atoms with Crippen LogP contribution >= 0.6 is 0 Å². The molecule has 0 unspecified atom stereocenters. The van der Waals surface area contributed by atoms with Crippen molar-refractivity contribution in [1.29, 1.82) is 0 Å². The van der Waals surface area contributed by atoms with Gasteiger partial charge in [-0.2, -0.15) is 0 Å². The Morgan fingerprint density at radius 3 is 1.50 bits per heavy atom. The van der Waals surface area contributed by atoms with E-state index in [0.29, 0.717) is 25.4 Å². The van der Waals surface area contributed by atoms with Gasteiger partial charge in [0.1, 0.15) is 6.10 Å². The van der Waals surface area contributed by atoms with Crippen LogP contribution in [0, 0.1) is 11.3 Å². The number of unbranched alkanes of at least 4 members (excludes halogenated alkanes) is 15. The molecule has 0 spiro atoms. The van der Waals surface area contributed by atoms with Crippen LogP contribution in [0.15, 0.2) is 0 Å². The van der Waals surface area contributed by atoms with Gasteiger partial charge in [0.15, 0.2) is 0 Å². The van der Waals surface area contributed by atoms with E-state index < -0.39 is 0 Å². The summed E-state index contributed by atoms with van der Waals surface area (Å²) in [5.74, 6) is 0.455. The zero-order valence-electron chi connectivity index (χ0n) is 33.1. The number of esters is 2. The molecule has 1 saturated heterocycles. The van der Waals surface area contributed by atoms with Gasteiger partial charge < -0.3 is 14.4 Å². The van der Waals surface area contributed by atoms with E-state index >= 15 is 0 Å². The van der Waals surface area contributed by atoms with Gasteiger partial charge in [-0.15, -0.1) is 0 Å². The van der Waals surface area contributed by atoms with Crippen LogP contribution in [0.4, 0.5) is 0 Å². The van der Waals surface area contributed by atoms with Crippen LogP contribution in [0.25, 0.3) is 0 Å². The van der Waals surface area contributed by atoms with Gasteiger partial charge in [0.25, 0.3) is 0 Å². The molecule has 1 aliphatic heterocycles. The molecule has 0 amide bonds. The number of carbonyl (C=O) groups excluding carboxylic acids is 2. The molecule has 0 N–H and O–H groups in total. The van der Waals surface area contributed by atoms with Crippen molar-refractivity contribution in [2.75, 3.05) is 26.2 Å². The number of ether oxygens (including phenoxy) is 2. The lowest BCUT2D eigenvalue weighted by atomic mass is 9.73. The van der Waals surface area contributed by atoms with Crippen molar-refractivity contribution in [1.82, 2.24) is 4.90 Å². The quantitative estimate of drug-likeness (QED) is 0.0511. The van der Waals surface area contributed by atoms with Gasteiger partial charge in [0.2, 0.25) is 0 Å². The highest BCUT2D eigenvalue weighted by molar-refractivity contribution is 5.74. The molecule has 1 heterocycles. The maximum Gasteiger partial charge on any atom is 0.306 e. The van der Waals surface area contributed by atoms with Crippen LogP contribution in [-0.2, 0) is 19.1 Å². The highest BCUT2D eigenvalue weighted by atomic mass is 16.5. The average Bonchev–Trinajstić information content (AvgIpc) is 3.07. The van der Waals surface area contributed by atoms with Crippen molar-refractivity contribution in [2.45, 2.75) is 227 Å². The van der Waals surface area contributed by atoms with E-state index in [1.54, 1.807) is 0 Å². The van der Waals surface area contributed by atoms with Crippen LogP contribution in [0.1, 0.15) is 221 Å². The second-order valence-corrected chi connectivity index (χ2v) is 15.6. The Kier molecular flexibility index (Phi) is 28.7. The van der Waals surface area contributed by atoms with Crippen LogP contribution in [0.2, 0.25) is 0 Å². The minimum atomic E-state index is -0.344. The third-order valence-electron chi connectivity index (χ3n) is 11.1. The third kappa shape index (κ3) is 23.3. The SMILES string of the molecule is CCCCCCCCC(CCCCCCCC)OC(=O)CC1(CC(=O)OCCC(CCCCC)CCCCC)CCN(CCCC)CC1. The summed E-state index contributed by atoms with van der Waals surface area (Å²) in [7, 11) is 0. The summed E-state index contributed by atoms with van der Waals surface area (Å²) in [4.78, 5) is 29.6. The van der Waals surface area contributed by atoms with Gasteiger partial charge in [-0.25, -0.2) is 0 Å². The summed E-state index contributed by atoms with van der Waals surface area (Å²) in [6, 6.07) is 0. The molecule has 0 aliphatic carbocycles. The van der Waals surface area contributed by atoms with E-state index in [1.165, 1.54) is 128 Å². The smallest absolute Gasteiger partial charge is 0.306 e. The molecule has 0 atom stereocenters. The number of rotatable bonds is 33. The molecular weight excluding hydrogens is 594 g/mol. The normalized spacial score (nSPS) is 15.0. The van der Waals surface area contributed by atoms with Crippen molar-refractivity contribution in [3.05, 3.63) is 0 Å². The molecule has 0 aromatic heterocycles. The largest absolute Gasteiger partial charge is 0.466 e. The standard InChI is InChI=1S/C43H83NO4/c1-6-11-16-18-20-24-28-40(29-25-21-19-17-12-7-2)48-42(46)38-43(31-34-44(35-32-43)33-15-10-5)37-41(45)47-36-30-39(26-22-13-8-3)27-23-14-9-4/h39-40H,6-38H2,1-5H3. The predicted molar refractivity (Wildman–Crippen MR) is 205 cm³/mol. The topological polar surface area (TPSA) is 55.8 Å². The summed E-state index contributed by atoms with van der Waals surface area (Å²) in [5, 5.41) is 0. The van der Waals surface area contributed by atoms with E-state index in [9.17, 15) is 9.59 Å². The van der Waals surface area contributed by atoms with E-state index in [2.05, 4.69) is 39.5 Å². The van der Waals surface area contributed by atoms with Crippen molar-refractivity contribution < 1.29 is 19.1 Å². The van der Waals surface area contributed by atoms with Gasteiger partial charge in [-0.1, -0.05) is 157 Å². The van der Waals surface area contributed by atoms with E-state index in [0.717, 1.165) is 64.6 Å². The van der Waals surface area contributed by atoms with E-state index in [4.69, 9.17) is 9.47 Å². The van der Waals surface area contributed by atoms with Gasteiger partial charge in [-0.05, 0) is 82.3 Å². The molecule has 1 rings (SSSR count). The molecule has 48 heavy (non-hydrogen) atoms. The molecule has 0 aromatic carbocycles. The molecule has 0 saturated carbocycles. The molecule has 1 fully saturated rings. The highest BCUT2D eigenvalue weighted by Crippen LogP contribution is 2.40. The van der Waals surface area contributed by atoms with Gasteiger partial charge in [0, 0.05) is 0 Å². The van der Waals surface area contributed by atoms with Crippen LogP contribution in [-0.4, -0.2) is 49.2 Å². The zero-order valence-corrected chi connectivity index (χ0v) is 33.1. The number of likely N-dealkylation sites (tertiary alicyclic amines) is 1. The monoisotopic (exact) mass is 678 g/mol. The van der Waals surface area contributed by atoms with Gasteiger partial charge in [-0.3, -0.25) is 9.59 Å². The second-order valence-electron chi connectivity index (χ2n) is 15.6. The van der Waals surface area contributed by atoms with E-state index in [1.807, 2.05) is 0 Å². The van der Waals surface area contributed by atoms with Crippen LogP contribution < -0.4 is 0 Å². The number of carbonyl (C=O) groups is 2. The van der Waals surface area contributed by atoms with Crippen molar-refractivity contribution in [2.24, 2.45) is 11.3 Å². The Bertz CT molecular complexity index is 721. The maximum absolute atomic E-state index is 13.7. The number of piperidine rings is 1. The molecule has 0 radical (unpaired) electrons. The van der Waals surface area contributed by atoms with E-state index in [-0.39, 0.29) is 23.5 Å². The molecule has 5 nitrogen and oxygen atoms in total. The number of hydrogen-bond acceptors (Lipinski definition) is 5. The first-order chi connectivity index (χ1) is 23.4. The predicted octanol–water partition coefficient (Wildman–Crippen LogP) is 12.8. The molecule has 1 aliphatic rings.